The van der Waals surface area contributed by atoms with Crippen molar-refractivity contribution in [3.05, 3.63) is 166 Å². The first-order valence-electron chi connectivity index (χ1n) is 13.9. The van der Waals surface area contributed by atoms with Crippen LogP contribution in [0, 0.1) is 20.9 Å². The molecule has 8 rings (SSSR count). The van der Waals surface area contributed by atoms with Gasteiger partial charge < -0.3 is 8.98 Å². The van der Waals surface area contributed by atoms with Crippen molar-refractivity contribution in [1.82, 2.24) is 4.98 Å². The van der Waals surface area contributed by atoms with Gasteiger partial charge >= 0.3 is 20.1 Å². The number of pyridine rings is 2. The third kappa shape index (κ3) is 4.91. The van der Waals surface area contributed by atoms with Gasteiger partial charge in [0.1, 0.15) is 5.58 Å². The summed E-state index contributed by atoms with van der Waals surface area (Å²) in [4.78, 5) is 4.55. The van der Waals surface area contributed by atoms with Gasteiger partial charge in [-0.25, -0.2) is 0 Å². The number of aromatic nitrogens is 2. The molecule has 4 heteroatoms. The van der Waals surface area contributed by atoms with Crippen LogP contribution in [0.3, 0.4) is 0 Å². The van der Waals surface area contributed by atoms with Gasteiger partial charge in [-0.2, -0.15) is 37.1 Å². The SMILES string of the molecule is [CH2-]c1ccc2c(oc3c4ccccc4c4ccccc4c23)c1-c1ccccn1.[CH2-]c1ccccc1-c1cccc[n+]1[CH2-].[Ir+3]. The van der Waals surface area contributed by atoms with Crippen molar-refractivity contribution in [2.75, 3.05) is 0 Å². The second-order valence-corrected chi connectivity index (χ2v) is 10.3. The van der Waals surface area contributed by atoms with Crippen molar-refractivity contribution in [1.29, 1.82) is 0 Å². The Morgan fingerprint density at radius 2 is 1.21 bits per heavy atom. The van der Waals surface area contributed by atoms with Crippen molar-refractivity contribution in [3.8, 4) is 22.5 Å². The number of rotatable bonds is 2. The van der Waals surface area contributed by atoms with E-state index in [1.165, 1.54) is 16.2 Å². The minimum atomic E-state index is 0. The molecule has 0 saturated heterocycles. The van der Waals surface area contributed by atoms with Crippen LogP contribution < -0.4 is 4.57 Å². The monoisotopic (exact) mass is 733 g/mol. The summed E-state index contributed by atoms with van der Waals surface area (Å²) in [6.07, 6.45) is 3.74. The van der Waals surface area contributed by atoms with Crippen LogP contribution in [-0.2, 0) is 20.1 Å². The molecule has 0 aliphatic heterocycles. The fraction of sp³-hybridized carbons (Fsp3) is 0. The molecule has 0 spiro atoms. The fourth-order valence-corrected chi connectivity index (χ4v) is 5.79. The summed E-state index contributed by atoms with van der Waals surface area (Å²) in [5.41, 5.74) is 7.76. The van der Waals surface area contributed by atoms with E-state index >= 15 is 0 Å². The normalized spacial score (nSPS) is 10.9. The maximum Gasteiger partial charge on any atom is 3.00 e. The number of furan rings is 1. The maximum atomic E-state index is 6.56. The Balaban J connectivity index is 0.000000186. The van der Waals surface area contributed by atoms with Crippen molar-refractivity contribution in [2.45, 2.75) is 0 Å². The van der Waals surface area contributed by atoms with Crippen LogP contribution in [0.15, 0.2) is 138 Å². The Hall–Kier alpha value is -5.02. The zero-order chi connectivity index (χ0) is 28.6. The number of fused-ring (bicyclic) bond motifs is 8. The summed E-state index contributed by atoms with van der Waals surface area (Å²) >= 11 is 0. The largest absolute Gasteiger partial charge is 3.00 e. The molecule has 3 nitrogen and oxygen atoms in total. The molecule has 43 heavy (non-hydrogen) atoms. The van der Waals surface area contributed by atoms with E-state index in [2.05, 4.69) is 92.6 Å². The minimum absolute atomic E-state index is 0. The molecular formula is C39H28IrN2O+. The number of hydrogen-bond acceptors (Lipinski definition) is 2. The van der Waals surface area contributed by atoms with E-state index in [0.717, 1.165) is 61.0 Å². The summed E-state index contributed by atoms with van der Waals surface area (Å²) in [6.45, 7) is 8.24. The quantitative estimate of drug-likeness (QED) is 0.101. The molecule has 0 aliphatic rings. The zero-order valence-electron chi connectivity index (χ0n) is 23.5. The Bertz CT molecular complexity index is 2190. The van der Waals surface area contributed by atoms with Crippen LogP contribution in [0.5, 0.6) is 0 Å². The van der Waals surface area contributed by atoms with Crippen molar-refractivity contribution in [3.63, 3.8) is 0 Å². The van der Waals surface area contributed by atoms with E-state index in [-0.39, 0.29) is 20.1 Å². The molecule has 3 aromatic heterocycles. The molecule has 0 amide bonds. The van der Waals surface area contributed by atoms with Crippen LogP contribution in [0.25, 0.3) is 66.0 Å². The smallest absolute Gasteiger partial charge is 0.468 e. The first-order valence-corrected chi connectivity index (χ1v) is 13.9. The van der Waals surface area contributed by atoms with E-state index < -0.39 is 0 Å². The molecule has 8 aromatic rings. The zero-order valence-corrected chi connectivity index (χ0v) is 25.9. The Labute approximate surface area is 264 Å². The molecule has 0 fully saturated rings. The molecule has 0 aliphatic carbocycles. The average Bonchev–Trinajstić information content (AvgIpc) is 3.43. The van der Waals surface area contributed by atoms with Gasteiger partial charge in [0.2, 0.25) is 0 Å². The minimum Gasteiger partial charge on any atom is -0.468 e. The number of nitrogens with zero attached hydrogens (tertiary/aromatic N) is 2. The molecular weight excluding hydrogens is 705 g/mol. The summed E-state index contributed by atoms with van der Waals surface area (Å²) in [5.74, 6) is 0. The third-order valence-corrected chi connectivity index (χ3v) is 7.76. The van der Waals surface area contributed by atoms with Crippen LogP contribution in [-0.4, -0.2) is 4.98 Å². The van der Waals surface area contributed by atoms with Crippen molar-refractivity contribution < 1.29 is 29.1 Å². The summed E-state index contributed by atoms with van der Waals surface area (Å²) in [7, 11) is 3.93. The molecule has 208 valence electrons. The maximum absolute atomic E-state index is 6.56. The van der Waals surface area contributed by atoms with Crippen molar-refractivity contribution in [2.24, 2.45) is 0 Å². The second kappa shape index (κ2) is 11.7. The van der Waals surface area contributed by atoms with Gasteiger partial charge in [-0.1, -0.05) is 84.4 Å². The molecule has 0 N–H and O–H groups in total. The summed E-state index contributed by atoms with van der Waals surface area (Å²) in [6, 6.07) is 41.2. The molecule has 0 bridgehead atoms. The van der Waals surface area contributed by atoms with Gasteiger partial charge in [-0.05, 0) is 28.3 Å². The van der Waals surface area contributed by atoms with Crippen LogP contribution >= 0.6 is 0 Å². The fourth-order valence-electron chi connectivity index (χ4n) is 5.79. The molecule has 0 saturated carbocycles. The predicted molar refractivity (Wildman–Crippen MR) is 174 cm³/mol. The number of benzene rings is 5. The third-order valence-electron chi connectivity index (χ3n) is 7.76. The first kappa shape index (κ1) is 28.1. The Kier molecular flexibility index (Phi) is 7.65. The van der Waals surface area contributed by atoms with Gasteiger partial charge in [-0.15, -0.1) is 23.8 Å². The van der Waals surface area contributed by atoms with Crippen LogP contribution in [0.1, 0.15) is 11.1 Å². The summed E-state index contributed by atoms with van der Waals surface area (Å²) < 4.78 is 8.41. The number of hydrogen-bond donors (Lipinski definition) is 0. The van der Waals surface area contributed by atoms with Crippen LogP contribution in [0.2, 0.25) is 0 Å². The first-order chi connectivity index (χ1) is 20.6. The van der Waals surface area contributed by atoms with Gasteiger partial charge in [0, 0.05) is 35.1 Å². The predicted octanol–water partition coefficient (Wildman–Crippen LogP) is 9.60. The molecule has 0 unspecified atom stereocenters. The van der Waals surface area contributed by atoms with E-state index in [1.54, 1.807) is 6.20 Å². The summed E-state index contributed by atoms with van der Waals surface area (Å²) in [5, 5.41) is 7.04. The molecule has 5 aromatic carbocycles. The van der Waals surface area contributed by atoms with Gasteiger partial charge in [0.25, 0.3) is 0 Å². The van der Waals surface area contributed by atoms with E-state index in [1.807, 2.05) is 65.4 Å². The Morgan fingerprint density at radius 1 is 0.558 bits per heavy atom. The molecule has 0 atom stereocenters. The van der Waals surface area contributed by atoms with Crippen molar-refractivity contribution >= 4 is 43.5 Å². The average molecular weight is 733 g/mol. The van der Waals surface area contributed by atoms with E-state index in [0.29, 0.717) is 0 Å². The van der Waals surface area contributed by atoms with Gasteiger partial charge in [-0.3, -0.25) is 4.98 Å². The van der Waals surface area contributed by atoms with E-state index in [9.17, 15) is 0 Å². The Morgan fingerprint density at radius 3 is 1.93 bits per heavy atom. The second-order valence-electron chi connectivity index (χ2n) is 10.3. The topological polar surface area (TPSA) is 29.9 Å². The molecule has 0 radical (unpaired) electrons. The van der Waals surface area contributed by atoms with Gasteiger partial charge in [0.05, 0.1) is 17.5 Å². The van der Waals surface area contributed by atoms with E-state index in [4.69, 9.17) is 4.42 Å². The molecule has 3 heterocycles. The van der Waals surface area contributed by atoms with Gasteiger partial charge in [0.15, 0.2) is 0 Å². The standard InChI is InChI=1S/C26H16NO.C13H12N.Ir/c1-16-13-14-21-24-19-10-4-2-8-17(19)18-9-3-5-11-20(18)25(24)28-26(21)23(16)22-12-6-7-15-27-22;1-11-7-3-4-8-12(11)13-9-5-6-10-14(13)2;/h2-15H,1H2;3-10H,1-2H2;/q2*-1;+3. The van der Waals surface area contributed by atoms with Crippen LogP contribution in [0.4, 0.5) is 0 Å².